The number of aliphatic hydroxyl groups excluding tert-OH is 1. The normalized spacial score (nSPS) is 24.6. The molecule has 1 rings (SSSR count). The second-order valence-corrected chi connectivity index (χ2v) is 4.34. The van der Waals surface area contributed by atoms with Crippen LogP contribution in [0.5, 0.6) is 0 Å². The average molecular weight is 232 g/mol. The van der Waals surface area contributed by atoms with E-state index >= 15 is 0 Å². The number of nitrogens with one attached hydrogen (secondary N) is 1. The van der Waals surface area contributed by atoms with Gasteiger partial charge in [-0.05, 0) is 6.92 Å². The minimum absolute atomic E-state index is 0.391. The van der Waals surface area contributed by atoms with Gasteiger partial charge in [0.2, 0.25) is 0 Å². The van der Waals surface area contributed by atoms with Crippen molar-refractivity contribution in [2.45, 2.75) is 19.1 Å². The smallest absolute Gasteiger partial charge is 0.0900 e. The fourth-order valence-corrected chi connectivity index (χ4v) is 1.89. The van der Waals surface area contributed by atoms with E-state index < -0.39 is 6.10 Å². The third kappa shape index (κ3) is 5.77. The van der Waals surface area contributed by atoms with Gasteiger partial charge in [-0.2, -0.15) is 0 Å². The van der Waals surface area contributed by atoms with Gasteiger partial charge in [-0.1, -0.05) is 0 Å². The molecule has 1 heterocycles. The third-order valence-corrected chi connectivity index (χ3v) is 2.66. The lowest BCUT2D eigenvalue weighted by Gasteiger charge is -2.33. The van der Waals surface area contributed by atoms with E-state index in [1.807, 2.05) is 0 Å². The summed E-state index contributed by atoms with van der Waals surface area (Å²) in [4.78, 5) is 2.27. The Kier molecular flexibility index (Phi) is 6.91. The number of nitrogens with zero attached hydrogens (tertiary/aromatic N) is 1. The molecule has 96 valence electrons. The zero-order valence-electron chi connectivity index (χ0n) is 10.3. The molecule has 1 aliphatic rings. The van der Waals surface area contributed by atoms with Gasteiger partial charge in [0.25, 0.3) is 0 Å². The molecule has 1 fully saturated rings. The molecule has 1 aliphatic heterocycles. The van der Waals surface area contributed by atoms with Gasteiger partial charge in [0.05, 0.1) is 25.9 Å². The summed E-state index contributed by atoms with van der Waals surface area (Å²) in [6.07, 6.45) is -0.401. The lowest BCUT2D eigenvalue weighted by molar-refractivity contribution is -0.00342. The van der Waals surface area contributed by atoms with Gasteiger partial charge >= 0.3 is 0 Å². The lowest BCUT2D eigenvalue weighted by Crippen LogP contribution is -2.51. The molecule has 1 saturated heterocycles. The van der Waals surface area contributed by atoms with E-state index in [0.29, 0.717) is 32.4 Å². The molecule has 2 N–H and O–H groups in total. The van der Waals surface area contributed by atoms with Crippen LogP contribution in [0.1, 0.15) is 6.92 Å². The van der Waals surface area contributed by atoms with Crippen LogP contribution in [-0.4, -0.2) is 75.3 Å². The van der Waals surface area contributed by atoms with Crippen LogP contribution in [0.2, 0.25) is 0 Å². The Bertz CT molecular complexity index is 181. The van der Waals surface area contributed by atoms with E-state index in [1.54, 1.807) is 7.11 Å². The minimum atomic E-state index is -0.401. The Morgan fingerprint density at radius 1 is 1.50 bits per heavy atom. The van der Waals surface area contributed by atoms with Gasteiger partial charge in [-0.15, -0.1) is 0 Å². The lowest BCUT2D eigenvalue weighted by atomic mass is 10.2. The Labute approximate surface area is 97.7 Å². The monoisotopic (exact) mass is 232 g/mol. The first-order valence-corrected chi connectivity index (χ1v) is 5.93. The van der Waals surface area contributed by atoms with Crippen LogP contribution in [0.3, 0.4) is 0 Å². The first-order valence-electron chi connectivity index (χ1n) is 5.93. The van der Waals surface area contributed by atoms with Gasteiger partial charge in [-0.25, -0.2) is 0 Å². The van der Waals surface area contributed by atoms with Gasteiger partial charge in [0.15, 0.2) is 0 Å². The molecular weight excluding hydrogens is 208 g/mol. The minimum Gasteiger partial charge on any atom is -0.389 e. The first-order chi connectivity index (χ1) is 7.72. The maximum absolute atomic E-state index is 9.76. The van der Waals surface area contributed by atoms with Crippen molar-refractivity contribution in [3.63, 3.8) is 0 Å². The van der Waals surface area contributed by atoms with E-state index in [1.165, 1.54) is 0 Å². The SMILES string of the molecule is COCCOCC(O)CN1CCN[C@H](C)C1. The van der Waals surface area contributed by atoms with Crippen molar-refractivity contribution in [2.24, 2.45) is 0 Å². The van der Waals surface area contributed by atoms with Gasteiger partial charge < -0.3 is 19.9 Å². The summed E-state index contributed by atoms with van der Waals surface area (Å²) >= 11 is 0. The van der Waals surface area contributed by atoms with Crippen LogP contribution in [0.15, 0.2) is 0 Å². The van der Waals surface area contributed by atoms with Crippen molar-refractivity contribution in [3.8, 4) is 0 Å². The van der Waals surface area contributed by atoms with E-state index in [4.69, 9.17) is 9.47 Å². The second-order valence-electron chi connectivity index (χ2n) is 4.34. The Hall–Kier alpha value is -0.200. The molecule has 5 nitrogen and oxygen atoms in total. The van der Waals surface area contributed by atoms with Gasteiger partial charge in [0.1, 0.15) is 0 Å². The molecule has 5 heteroatoms. The summed E-state index contributed by atoms with van der Waals surface area (Å²) in [5, 5.41) is 13.1. The molecule has 0 amide bonds. The van der Waals surface area contributed by atoms with Crippen LogP contribution in [0, 0.1) is 0 Å². The van der Waals surface area contributed by atoms with Gasteiger partial charge in [0, 0.05) is 39.3 Å². The van der Waals surface area contributed by atoms with Crippen molar-refractivity contribution in [1.29, 1.82) is 0 Å². The highest BCUT2D eigenvalue weighted by Gasteiger charge is 2.18. The van der Waals surface area contributed by atoms with Crippen molar-refractivity contribution >= 4 is 0 Å². The van der Waals surface area contributed by atoms with Gasteiger partial charge in [-0.3, -0.25) is 4.90 Å². The molecule has 1 unspecified atom stereocenters. The Morgan fingerprint density at radius 2 is 2.31 bits per heavy atom. The summed E-state index contributed by atoms with van der Waals surface area (Å²) in [5.74, 6) is 0. The van der Waals surface area contributed by atoms with Crippen molar-refractivity contribution in [3.05, 3.63) is 0 Å². The van der Waals surface area contributed by atoms with Crippen LogP contribution < -0.4 is 5.32 Å². The maximum atomic E-state index is 9.76. The van der Waals surface area contributed by atoms with E-state index in [9.17, 15) is 5.11 Å². The summed E-state index contributed by atoms with van der Waals surface area (Å²) in [6, 6.07) is 0.510. The predicted octanol–water partition coefficient (Wildman–Crippen LogP) is -0.696. The number of ether oxygens (including phenoxy) is 2. The fraction of sp³-hybridized carbons (Fsp3) is 1.00. The molecule has 0 spiro atoms. The summed E-state index contributed by atoms with van der Waals surface area (Å²) < 4.78 is 10.1. The number of aliphatic hydroxyl groups is 1. The molecule has 16 heavy (non-hydrogen) atoms. The summed E-state index contributed by atoms with van der Waals surface area (Å²) in [6.45, 7) is 7.37. The average Bonchev–Trinajstić information content (AvgIpc) is 2.24. The molecule has 0 aromatic heterocycles. The van der Waals surface area contributed by atoms with Crippen LogP contribution >= 0.6 is 0 Å². The van der Waals surface area contributed by atoms with E-state index in [2.05, 4.69) is 17.1 Å². The molecule has 0 aromatic rings. The Morgan fingerprint density at radius 3 is 3.00 bits per heavy atom. The predicted molar refractivity (Wildman–Crippen MR) is 62.6 cm³/mol. The van der Waals surface area contributed by atoms with Crippen LogP contribution in [-0.2, 0) is 9.47 Å². The molecule has 0 bridgehead atoms. The highest BCUT2D eigenvalue weighted by molar-refractivity contribution is 4.76. The van der Waals surface area contributed by atoms with Crippen molar-refractivity contribution < 1.29 is 14.6 Å². The Balaban J connectivity index is 2.06. The molecular formula is C11H24N2O3. The molecule has 0 aromatic carbocycles. The topological polar surface area (TPSA) is 54.0 Å². The number of methoxy groups -OCH3 is 1. The highest BCUT2D eigenvalue weighted by Crippen LogP contribution is 2.00. The number of piperazine rings is 1. The standard InChI is InChI=1S/C11H24N2O3/c1-10-7-13(4-3-12-10)8-11(14)9-16-6-5-15-2/h10-12,14H,3-9H2,1-2H3/t10-,11?/m1/s1. The molecule has 2 atom stereocenters. The number of hydrogen-bond donors (Lipinski definition) is 2. The van der Waals surface area contributed by atoms with Crippen LogP contribution in [0.25, 0.3) is 0 Å². The molecule has 0 radical (unpaired) electrons. The fourth-order valence-electron chi connectivity index (χ4n) is 1.89. The summed E-state index contributed by atoms with van der Waals surface area (Å²) in [5.41, 5.74) is 0. The van der Waals surface area contributed by atoms with Crippen LogP contribution in [0.4, 0.5) is 0 Å². The van der Waals surface area contributed by atoms with Crippen molar-refractivity contribution in [1.82, 2.24) is 10.2 Å². The largest absolute Gasteiger partial charge is 0.389 e. The molecule has 0 saturated carbocycles. The number of hydrogen-bond acceptors (Lipinski definition) is 5. The third-order valence-electron chi connectivity index (χ3n) is 2.66. The van der Waals surface area contributed by atoms with Crippen molar-refractivity contribution in [2.75, 3.05) is 53.1 Å². The molecule has 0 aliphatic carbocycles. The van der Waals surface area contributed by atoms with E-state index in [0.717, 1.165) is 19.6 Å². The zero-order chi connectivity index (χ0) is 11.8. The number of β-amino-alcohol motifs (C(OH)–C–C–N with tert-alkyl or cyclic N) is 1. The zero-order valence-corrected chi connectivity index (χ0v) is 10.3. The summed E-state index contributed by atoms with van der Waals surface area (Å²) in [7, 11) is 1.64. The first kappa shape index (κ1) is 13.9. The number of rotatable bonds is 7. The second kappa shape index (κ2) is 7.97. The highest BCUT2D eigenvalue weighted by atomic mass is 16.5. The maximum Gasteiger partial charge on any atom is 0.0900 e. The quantitative estimate of drug-likeness (QED) is 0.569. The van der Waals surface area contributed by atoms with E-state index in [-0.39, 0.29) is 0 Å².